The highest BCUT2D eigenvalue weighted by atomic mass is 32.2. The van der Waals surface area contributed by atoms with Crippen molar-refractivity contribution in [1.29, 1.82) is 0 Å². The van der Waals surface area contributed by atoms with E-state index >= 15 is 0 Å². The van der Waals surface area contributed by atoms with E-state index in [1.807, 2.05) is 0 Å². The van der Waals surface area contributed by atoms with Gasteiger partial charge in [-0.25, -0.2) is 4.98 Å². The van der Waals surface area contributed by atoms with E-state index < -0.39 is 0 Å². The van der Waals surface area contributed by atoms with Crippen molar-refractivity contribution in [2.75, 3.05) is 5.73 Å². The molecule has 1 aromatic carbocycles. The van der Waals surface area contributed by atoms with Crippen LogP contribution in [0.25, 0.3) is 0 Å². The Bertz CT molecular complexity index is 666. The van der Waals surface area contributed by atoms with Gasteiger partial charge in [-0.05, 0) is 36.0 Å². The number of nitrogen functional groups attached to an aromatic ring is 1. The lowest BCUT2D eigenvalue weighted by Gasteiger charge is -2.05. The van der Waals surface area contributed by atoms with Crippen molar-refractivity contribution in [1.82, 2.24) is 9.97 Å². The Kier molecular flexibility index (Phi) is 3.29. The van der Waals surface area contributed by atoms with Gasteiger partial charge in [0.15, 0.2) is 5.16 Å². The fourth-order valence-corrected chi connectivity index (χ4v) is 3.21. The van der Waals surface area contributed by atoms with Crippen LogP contribution >= 0.6 is 11.8 Å². The van der Waals surface area contributed by atoms with E-state index in [0.29, 0.717) is 5.16 Å². The Hall–Kier alpha value is -1.75. The molecule has 1 aromatic heterocycles. The molecule has 3 rings (SSSR count). The molecule has 98 valence electrons. The van der Waals surface area contributed by atoms with Crippen LogP contribution in [-0.2, 0) is 18.6 Å². The number of anilines is 1. The summed E-state index contributed by atoms with van der Waals surface area (Å²) < 4.78 is 0. The van der Waals surface area contributed by atoms with Crippen LogP contribution in [-0.4, -0.2) is 9.97 Å². The molecule has 0 unspecified atom stereocenters. The van der Waals surface area contributed by atoms with Crippen LogP contribution in [0.5, 0.6) is 0 Å². The van der Waals surface area contributed by atoms with E-state index in [4.69, 9.17) is 5.73 Å². The molecule has 3 N–H and O–H groups in total. The number of benzene rings is 1. The van der Waals surface area contributed by atoms with Gasteiger partial charge in [0.25, 0.3) is 5.56 Å². The summed E-state index contributed by atoms with van der Waals surface area (Å²) in [7, 11) is 0. The first kappa shape index (κ1) is 12.3. The quantitative estimate of drug-likeness (QED) is 0.664. The number of H-pyrrole nitrogens is 1. The number of nitrogens with one attached hydrogen (secondary N) is 1. The lowest BCUT2D eigenvalue weighted by Crippen LogP contribution is -2.09. The summed E-state index contributed by atoms with van der Waals surface area (Å²) in [5, 5.41) is 0.575. The molecule has 19 heavy (non-hydrogen) atoms. The first-order valence-corrected chi connectivity index (χ1v) is 7.29. The zero-order valence-electron chi connectivity index (χ0n) is 10.5. The van der Waals surface area contributed by atoms with E-state index in [-0.39, 0.29) is 11.4 Å². The fraction of sp³-hybridized carbons (Fsp3) is 0.286. The van der Waals surface area contributed by atoms with Crippen LogP contribution in [0.1, 0.15) is 23.1 Å². The standard InChI is InChI=1S/C14H15N3OS/c15-12-7-13(18)17-14(16-12)19-8-9-4-5-10-2-1-3-11(10)6-9/h4-7H,1-3,8H2,(H3,15,16,17,18). The van der Waals surface area contributed by atoms with E-state index in [0.717, 1.165) is 5.75 Å². The molecule has 4 nitrogen and oxygen atoms in total. The van der Waals surface area contributed by atoms with Crippen molar-refractivity contribution in [2.24, 2.45) is 0 Å². The van der Waals surface area contributed by atoms with Crippen LogP contribution in [0.15, 0.2) is 34.2 Å². The van der Waals surface area contributed by atoms with Gasteiger partial charge in [0, 0.05) is 11.8 Å². The normalized spacial score (nSPS) is 13.5. The molecule has 1 heterocycles. The minimum atomic E-state index is -0.205. The number of thioether (sulfide) groups is 1. The highest BCUT2D eigenvalue weighted by molar-refractivity contribution is 7.98. The molecule has 0 atom stereocenters. The van der Waals surface area contributed by atoms with Crippen LogP contribution < -0.4 is 11.3 Å². The summed E-state index contributed by atoms with van der Waals surface area (Å²) in [6.07, 6.45) is 3.64. The first-order valence-electron chi connectivity index (χ1n) is 6.31. The van der Waals surface area contributed by atoms with Crippen LogP contribution in [0.3, 0.4) is 0 Å². The average Bonchev–Trinajstić information content (AvgIpc) is 2.82. The summed E-state index contributed by atoms with van der Waals surface area (Å²) in [6.45, 7) is 0. The second kappa shape index (κ2) is 5.09. The number of hydrogen-bond acceptors (Lipinski definition) is 4. The zero-order chi connectivity index (χ0) is 13.2. The summed E-state index contributed by atoms with van der Waals surface area (Å²) in [6, 6.07) is 7.93. The largest absolute Gasteiger partial charge is 0.383 e. The van der Waals surface area contributed by atoms with Crippen molar-refractivity contribution < 1.29 is 0 Å². The van der Waals surface area contributed by atoms with E-state index in [2.05, 4.69) is 28.2 Å². The fourth-order valence-electron chi connectivity index (χ4n) is 2.39. The lowest BCUT2D eigenvalue weighted by atomic mass is 10.1. The predicted octanol–water partition coefficient (Wildman–Crippen LogP) is 2.13. The number of rotatable bonds is 3. The van der Waals surface area contributed by atoms with Gasteiger partial charge in [0.2, 0.25) is 0 Å². The number of aryl methyl sites for hydroxylation is 2. The molecule has 0 spiro atoms. The lowest BCUT2D eigenvalue weighted by molar-refractivity contribution is 0.911. The van der Waals surface area contributed by atoms with Gasteiger partial charge in [-0.2, -0.15) is 0 Å². The topological polar surface area (TPSA) is 71.8 Å². The van der Waals surface area contributed by atoms with E-state index in [1.54, 1.807) is 0 Å². The molecule has 5 heteroatoms. The number of aromatic amines is 1. The van der Waals surface area contributed by atoms with Crippen LogP contribution in [0.4, 0.5) is 5.82 Å². The van der Waals surface area contributed by atoms with Gasteiger partial charge in [0.05, 0.1) is 0 Å². The molecule has 0 aliphatic heterocycles. The highest BCUT2D eigenvalue weighted by Crippen LogP contribution is 2.25. The minimum Gasteiger partial charge on any atom is -0.383 e. The van der Waals surface area contributed by atoms with Crippen molar-refractivity contribution in [3.63, 3.8) is 0 Å². The van der Waals surface area contributed by atoms with Crippen molar-refractivity contribution in [3.8, 4) is 0 Å². The van der Waals surface area contributed by atoms with Crippen molar-refractivity contribution in [3.05, 3.63) is 51.3 Å². The predicted molar refractivity (Wildman–Crippen MR) is 77.3 cm³/mol. The molecule has 2 aromatic rings. The van der Waals surface area contributed by atoms with E-state index in [1.165, 1.54) is 53.8 Å². The summed E-state index contributed by atoms with van der Waals surface area (Å²) >= 11 is 1.50. The van der Waals surface area contributed by atoms with Gasteiger partial charge in [-0.1, -0.05) is 30.0 Å². The number of nitrogens with two attached hydrogens (primary N) is 1. The zero-order valence-corrected chi connectivity index (χ0v) is 11.3. The average molecular weight is 273 g/mol. The maximum Gasteiger partial charge on any atom is 0.253 e. The summed E-state index contributed by atoms with van der Waals surface area (Å²) in [5.41, 5.74) is 9.55. The molecule has 0 radical (unpaired) electrons. The number of nitrogens with zero attached hydrogens (tertiary/aromatic N) is 1. The van der Waals surface area contributed by atoms with Gasteiger partial charge in [-0.3, -0.25) is 4.79 Å². The maximum absolute atomic E-state index is 11.3. The van der Waals surface area contributed by atoms with Gasteiger partial charge in [0.1, 0.15) is 5.82 Å². The minimum absolute atomic E-state index is 0.205. The second-order valence-electron chi connectivity index (χ2n) is 4.72. The third-order valence-corrected chi connectivity index (χ3v) is 4.22. The molecule has 0 amide bonds. The first-order chi connectivity index (χ1) is 9.20. The number of aromatic nitrogens is 2. The van der Waals surface area contributed by atoms with Crippen molar-refractivity contribution in [2.45, 2.75) is 30.2 Å². The van der Waals surface area contributed by atoms with Gasteiger partial charge < -0.3 is 10.7 Å². The van der Waals surface area contributed by atoms with Crippen LogP contribution in [0.2, 0.25) is 0 Å². The summed E-state index contributed by atoms with van der Waals surface area (Å²) in [5.74, 6) is 1.06. The van der Waals surface area contributed by atoms with Crippen molar-refractivity contribution >= 4 is 17.6 Å². The Morgan fingerprint density at radius 1 is 1.26 bits per heavy atom. The van der Waals surface area contributed by atoms with Gasteiger partial charge >= 0.3 is 0 Å². The Morgan fingerprint density at radius 3 is 2.95 bits per heavy atom. The smallest absolute Gasteiger partial charge is 0.253 e. The molecule has 1 aliphatic rings. The SMILES string of the molecule is Nc1cc(=O)[nH]c(SCc2ccc3c(c2)CCC3)n1. The molecule has 0 saturated heterocycles. The Morgan fingerprint density at radius 2 is 2.11 bits per heavy atom. The number of hydrogen-bond donors (Lipinski definition) is 2. The van der Waals surface area contributed by atoms with E-state index in [9.17, 15) is 4.79 Å². The second-order valence-corrected chi connectivity index (χ2v) is 5.68. The molecule has 1 aliphatic carbocycles. The van der Waals surface area contributed by atoms with Crippen LogP contribution in [0, 0.1) is 0 Å². The number of fused-ring (bicyclic) bond motifs is 1. The Labute approximate surface area is 115 Å². The monoisotopic (exact) mass is 273 g/mol. The molecule has 0 fully saturated rings. The third-order valence-electron chi connectivity index (χ3n) is 3.28. The highest BCUT2D eigenvalue weighted by Gasteiger charge is 2.11. The molecular formula is C14H15N3OS. The molecular weight excluding hydrogens is 258 g/mol. The van der Waals surface area contributed by atoms with Gasteiger partial charge in [-0.15, -0.1) is 0 Å². The Balaban J connectivity index is 1.74. The third kappa shape index (κ3) is 2.81. The maximum atomic E-state index is 11.3. The summed E-state index contributed by atoms with van der Waals surface area (Å²) in [4.78, 5) is 18.1. The molecule has 0 bridgehead atoms. The molecule has 0 saturated carbocycles.